The summed E-state index contributed by atoms with van der Waals surface area (Å²) < 4.78 is 0. The molecule has 98 valence electrons. The first-order chi connectivity index (χ1) is 7.69. The van der Waals surface area contributed by atoms with Crippen LogP contribution in [0, 0.1) is 10.8 Å². The molecule has 0 radical (unpaired) electrons. The average Bonchev–Trinajstić information content (AvgIpc) is 2.29. The summed E-state index contributed by atoms with van der Waals surface area (Å²) in [5.41, 5.74) is 0.784. The summed E-state index contributed by atoms with van der Waals surface area (Å²) >= 11 is 0. The Bertz CT molecular complexity index is 341. The van der Waals surface area contributed by atoms with E-state index in [1.165, 1.54) is 18.4 Å². The number of hydrogen-bond acceptors (Lipinski definition) is 2. The Morgan fingerprint density at radius 2 is 1.76 bits per heavy atom. The van der Waals surface area contributed by atoms with E-state index in [1.807, 2.05) is 6.08 Å². The lowest BCUT2D eigenvalue weighted by Gasteiger charge is -2.50. The second-order valence-corrected chi connectivity index (χ2v) is 7.06. The van der Waals surface area contributed by atoms with Crippen molar-refractivity contribution < 1.29 is 10.2 Å². The van der Waals surface area contributed by atoms with Crippen LogP contribution in [0.3, 0.4) is 0 Å². The smallest absolute Gasteiger partial charge is 0.101 e. The number of fused-ring (bicyclic) bond motifs is 1. The quantitative estimate of drug-likeness (QED) is 0.637. The van der Waals surface area contributed by atoms with Gasteiger partial charge in [-0.15, -0.1) is 0 Å². The average molecular weight is 238 g/mol. The highest BCUT2D eigenvalue weighted by Crippen LogP contribution is 2.57. The van der Waals surface area contributed by atoms with E-state index in [1.54, 1.807) is 6.92 Å². The maximum atomic E-state index is 10.3. The van der Waals surface area contributed by atoms with Gasteiger partial charge in [-0.1, -0.05) is 32.4 Å². The fourth-order valence-corrected chi connectivity index (χ4v) is 3.49. The van der Waals surface area contributed by atoms with Crippen LogP contribution in [0.4, 0.5) is 0 Å². The second-order valence-electron chi connectivity index (χ2n) is 7.06. The zero-order valence-electron chi connectivity index (χ0n) is 11.6. The molecule has 2 aliphatic carbocycles. The minimum Gasteiger partial charge on any atom is -0.387 e. The maximum Gasteiger partial charge on any atom is 0.101 e. The fourth-order valence-electron chi connectivity index (χ4n) is 3.49. The SMILES string of the molecule is CC1(C)CCCC2=C[C@H](O)[C@](C)(O)CC[C@]21C. The summed E-state index contributed by atoms with van der Waals surface area (Å²) in [4.78, 5) is 0. The first kappa shape index (κ1) is 13.1. The predicted octanol–water partition coefficient (Wildman–Crippen LogP) is 3.03. The molecule has 0 saturated heterocycles. The van der Waals surface area contributed by atoms with E-state index in [2.05, 4.69) is 20.8 Å². The molecule has 3 atom stereocenters. The Kier molecular flexibility index (Phi) is 2.95. The third-order valence-corrected chi connectivity index (χ3v) is 5.58. The molecule has 1 fully saturated rings. The molecule has 0 aromatic carbocycles. The van der Waals surface area contributed by atoms with Gasteiger partial charge in [0.2, 0.25) is 0 Å². The molecule has 0 aromatic heterocycles. The molecule has 0 spiro atoms. The lowest BCUT2D eigenvalue weighted by Crippen LogP contribution is -2.40. The summed E-state index contributed by atoms with van der Waals surface area (Å²) in [7, 11) is 0. The number of hydrogen-bond donors (Lipinski definition) is 2. The summed E-state index contributed by atoms with van der Waals surface area (Å²) in [6.45, 7) is 8.72. The molecule has 2 aliphatic rings. The van der Waals surface area contributed by atoms with Gasteiger partial charge in [0.25, 0.3) is 0 Å². The van der Waals surface area contributed by atoms with Gasteiger partial charge in [0, 0.05) is 0 Å². The Balaban J connectivity index is 2.42. The van der Waals surface area contributed by atoms with Gasteiger partial charge in [-0.05, 0) is 49.9 Å². The summed E-state index contributed by atoms with van der Waals surface area (Å²) in [6.07, 6.45) is 6.38. The molecule has 2 nitrogen and oxygen atoms in total. The van der Waals surface area contributed by atoms with Crippen molar-refractivity contribution in [3.63, 3.8) is 0 Å². The van der Waals surface area contributed by atoms with E-state index in [4.69, 9.17) is 0 Å². The molecule has 0 aliphatic heterocycles. The highest BCUT2D eigenvalue weighted by atomic mass is 16.3. The van der Waals surface area contributed by atoms with Crippen LogP contribution >= 0.6 is 0 Å². The topological polar surface area (TPSA) is 40.5 Å². The first-order valence-corrected chi connectivity index (χ1v) is 6.81. The third kappa shape index (κ3) is 1.96. The lowest BCUT2D eigenvalue weighted by atomic mass is 9.55. The molecule has 17 heavy (non-hydrogen) atoms. The Morgan fingerprint density at radius 3 is 2.41 bits per heavy atom. The highest BCUT2D eigenvalue weighted by molar-refractivity contribution is 5.25. The van der Waals surface area contributed by atoms with Crippen molar-refractivity contribution in [2.75, 3.05) is 0 Å². The standard InChI is InChI=1S/C15H26O2/c1-13(2)7-5-6-11-10-12(16)15(4,17)9-8-14(11,13)3/h10,12,16-17H,5-9H2,1-4H3/t12-,14+,15+/m0/s1. The molecule has 0 aromatic rings. The van der Waals surface area contributed by atoms with Gasteiger partial charge in [-0.2, -0.15) is 0 Å². The number of rotatable bonds is 0. The molecule has 0 heterocycles. The van der Waals surface area contributed by atoms with E-state index in [0.717, 1.165) is 12.8 Å². The van der Waals surface area contributed by atoms with Crippen molar-refractivity contribution in [1.82, 2.24) is 0 Å². The van der Waals surface area contributed by atoms with E-state index < -0.39 is 11.7 Å². The maximum absolute atomic E-state index is 10.3. The van der Waals surface area contributed by atoms with Crippen molar-refractivity contribution in [3.8, 4) is 0 Å². The summed E-state index contributed by atoms with van der Waals surface area (Å²) in [6, 6.07) is 0. The largest absolute Gasteiger partial charge is 0.387 e. The van der Waals surface area contributed by atoms with Crippen LogP contribution in [-0.2, 0) is 0 Å². The van der Waals surface area contributed by atoms with Crippen LogP contribution in [0.15, 0.2) is 11.6 Å². The zero-order chi connectivity index (χ0) is 12.9. The van der Waals surface area contributed by atoms with Gasteiger partial charge in [-0.3, -0.25) is 0 Å². The monoisotopic (exact) mass is 238 g/mol. The van der Waals surface area contributed by atoms with Crippen molar-refractivity contribution in [3.05, 3.63) is 11.6 Å². The van der Waals surface area contributed by atoms with E-state index in [0.29, 0.717) is 6.42 Å². The van der Waals surface area contributed by atoms with Gasteiger partial charge in [0.15, 0.2) is 0 Å². The molecule has 0 unspecified atom stereocenters. The van der Waals surface area contributed by atoms with E-state index >= 15 is 0 Å². The summed E-state index contributed by atoms with van der Waals surface area (Å²) in [5.74, 6) is 0. The van der Waals surface area contributed by atoms with Crippen LogP contribution < -0.4 is 0 Å². The minimum absolute atomic E-state index is 0.132. The lowest BCUT2D eigenvalue weighted by molar-refractivity contribution is -0.0495. The molecule has 0 amide bonds. The van der Waals surface area contributed by atoms with Gasteiger partial charge in [0.1, 0.15) is 6.10 Å². The van der Waals surface area contributed by atoms with Crippen LogP contribution in [0.25, 0.3) is 0 Å². The highest BCUT2D eigenvalue weighted by Gasteiger charge is 2.49. The predicted molar refractivity (Wildman–Crippen MR) is 69.7 cm³/mol. The molecular formula is C15H26O2. The molecular weight excluding hydrogens is 212 g/mol. The minimum atomic E-state index is -0.969. The van der Waals surface area contributed by atoms with Gasteiger partial charge >= 0.3 is 0 Å². The zero-order valence-corrected chi connectivity index (χ0v) is 11.6. The molecule has 2 rings (SSSR count). The van der Waals surface area contributed by atoms with Crippen molar-refractivity contribution in [1.29, 1.82) is 0 Å². The van der Waals surface area contributed by atoms with Crippen molar-refractivity contribution in [2.45, 2.75) is 71.5 Å². The first-order valence-electron chi connectivity index (χ1n) is 6.81. The number of allylic oxidation sites excluding steroid dienone is 1. The van der Waals surface area contributed by atoms with E-state index in [-0.39, 0.29) is 10.8 Å². The van der Waals surface area contributed by atoms with Crippen molar-refractivity contribution in [2.24, 2.45) is 10.8 Å². The Hall–Kier alpha value is -0.340. The van der Waals surface area contributed by atoms with Crippen LogP contribution in [-0.4, -0.2) is 21.9 Å². The second kappa shape index (κ2) is 3.83. The van der Waals surface area contributed by atoms with E-state index in [9.17, 15) is 10.2 Å². The van der Waals surface area contributed by atoms with Crippen LogP contribution in [0.5, 0.6) is 0 Å². The fraction of sp³-hybridized carbons (Fsp3) is 0.867. The van der Waals surface area contributed by atoms with Crippen LogP contribution in [0.2, 0.25) is 0 Å². The molecule has 2 N–H and O–H groups in total. The van der Waals surface area contributed by atoms with Gasteiger partial charge in [-0.25, -0.2) is 0 Å². The van der Waals surface area contributed by atoms with Gasteiger partial charge in [0.05, 0.1) is 5.60 Å². The number of aliphatic hydroxyl groups is 2. The number of aliphatic hydroxyl groups excluding tert-OH is 1. The summed E-state index contributed by atoms with van der Waals surface area (Å²) in [5, 5.41) is 20.4. The van der Waals surface area contributed by atoms with Gasteiger partial charge < -0.3 is 10.2 Å². The Morgan fingerprint density at radius 1 is 1.12 bits per heavy atom. The Labute approximate surface area is 105 Å². The molecule has 1 saturated carbocycles. The molecule has 2 heteroatoms. The normalized spacial score (nSPS) is 45.8. The van der Waals surface area contributed by atoms with Crippen LogP contribution in [0.1, 0.15) is 59.8 Å². The third-order valence-electron chi connectivity index (χ3n) is 5.58. The van der Waals surface area contributed by atoms with Crippen molar-refractivity contribution >= 4 is 0 Å². The molecule has 0 bridgehead atoms.